The number of hydrogen-bond donors (Lipinski definition) is 1. The third-order valence-corrected chi connectivity index (χ3v) is 2.86. The van der Waals surface area contributed by atoms with Crippen LogP contribution in [0, 0.1) is 0 Å². The van der Waals surface area contributed by atoms with Crippen LogP contribution in [-0.4, -0.2) is 28.6 Å². The molecule has 0 aliphatic heterocycles. The molecule has 0 saturated carbocycles. The SMILES string of the molecule is COC(=O)C(Cl)(Cl)[C@@H](O)/C=C/c1ccccc1. The van der Waals surface area contributed by atoms with Crippen LogP contribution in [0.5, 0.6) is 0 Å². The van der Waals surface area contributed by atoms with Crippen molar-refractivity contribution < 1.29 is 14.6 Å². The third-order valence-electron chi connectivity index (χ3n) is 2.10. The number of rotatable bonds is 4. The minimum atomic E-state index is -2.00. The van der Waals surface area contributed by atoms with Crippen molar-refractivity contribution in [3.8, 4) is 0 Å². The summed E-state index contributed by atoms with van der Waals surface area (Å²) < 4.78 is 2.39. The highest BCUT2D eigenvalue weighted by Gasteiger charge is 2.41. The third kappa shape index (κ3) is 3.73. The molecule has 1 rings (SSSR count). The molecule has 0 aliphatic rings. The normalized spacial score (nSPS) is 13.6. The van der Waals surface area contributed by atoms with E-state index in [-0.39, 0.29) is 0 Å². The van der Waals surface area contributed by atoms with Crippen molar-refractivity contribution in [2.45, 2.75) is 10.4 Å². The maximum atomic E-state index is 11.2. The lowest BCUT2D eigenvalue weighted by atomic mass is 10.1. The number of carbonyl (C=O) groups is 1. The number of ether oxygens (including phenoxy) is 1. The summed E-state index contributed by atoms with van der Waals surface area (Å²) in [5.41, 5.74) is 0.862. The lowest BCUT2D eigenvalue weighted by Crippen LogP contribution is -2.38. The predicted molar refractivity (Wildman–Crippen MR) is 67.9 cm³/mol. The first-order valence-corrected chi connectivity index (χ1v) is 5.61. The van der Waals surface area contributed by atoms with Crippen LogP contribution in [0.1, 0.15) is 5.56 Å². The second-order valence-corrected chi connectivity index (χ2v) is 4.72. The molecule has 1 aromatic carbocycles. The fourth-order valence-electron chi connectivity index (χ4n) is 1.14. The molecule has 0 aliphatic carbocycles. The quantitative estimate of drug-likeness (QED) is 0.678. The van der Waals surface area contributed by atoms with E-state index in [4.69, 9.17) is 23.2 Å². The first kappa shape index (κ1) is 14.0. The molecule has 0 saturated heterocycles. The van der Waals surface area contributed by atoms with E-state index in [0.29, 0.717) is 0 Å². The highest BCUT2D eigenvalue weighted by Crippen LogP contribution is 2.28. The number of halogens is 2. The van der Waals surface area contributed by atoms with Gasteiger partial charge in [-0.25, -0.2) is 4.79 Å². The first-order chi connectivity index (χ1) is 7.98. The number of aliphatic hydroxyl groups is 1. The average molecular weight is 275 g/mol. The van der Waals surface area contributed by atoms with Gasteiger partial charge in [-0.2, -0.15) is 0 Å². The Morgan fingerprint density at radius 3 is 2.53 bits per heavy atom. The highest BCUT2D eigenvalue weighted by atomic mass is 35.5. The molecule has 1 atom stereocenters. The number of aliphatic hydroxyl groups excluding tert-OH is 1. The number of carbonyl (C=O) groups excluding carboxylic acids is 1. The molecule has 0 amide bonds. The van der Waals surface area contributed by atoms with Gasteiger partial charge in [0.05, 0.1) is 7.11 Å². The Morgan fingerprint density at radius 1 is 1.41 bits per heavy atom. The van der Waals surface area contributed by atoms with Crippen LogP contribution in [0.3, 0.4) is 0 Å². The van der Waals surface area contributed by atoms with Crippen molar-refractivity contribution in [1.82, 2.24) is 0 Å². The molecule has 17 heavy (non-hydrogen) atoms. The van der Waals surface area contributed by atoms with E-state index < -0.39 is 16.4 Å². The molecule has 0 bridgehead atoms. The van der Waals surface area contributed by atoms with Gasteiger partial charge in [-0.15, -0.1) is 0 Å². The van der Waals surface area contributed by atoms with Gasteiger partial charge < -0.3 is 9.84 Å². The molecular weight excluding hydrogens is 263 g/mol. The summed E-state index contributed by atoms with van der Waals surface area (Å²) in [6.07, 6.45) is 1.61. The zero-order chi connectivity index (χ0) is 12.9. The molecular formula is C12H12Cl2O3. The van der Waals surface area contributed by atoms with Gasteiger partial charge in [0.1, 0.15) is 6.10 Å². The van der Waals surface area contributed by atoms with Crippen LogP contribution in [0.2, 0.25) is 0 Å². The summed E-state index contributed by atoms with van der Waals surface area (Å²) in [5, 5.41) is 9.69. The predicted octanol–water partition coefficient (Wildman–Crippen LogP) is 2.41. The molecule has 0 radical (unpaired) electrons. The first-order valence-electron chi connectivity index (χ1n) is 4.86. The minimum Gasteiger partial charge on any atom is -0.467 e. The maximum Gasteiger partial charge on any atom is 0.345 e. The molecule has 0 unspecified atom stereocenters. The van der Waals surface area contributed by atoms with Crippen LogP contribution < -0.4 is 0 Å². The monoisotopic (exact) mass is 274 g/mol. The van der Waals surface area contributed by atoms with Crippen molar-refractivity contribution in [2.24, 2.45) is 0 Å². The molecule has 92 valence electrons. The lowest BCUT2D eigenvalue weighted by molar-refractivity contribution is -0.143. The summed E-state index contributed by atoms with van der Waals surface area (Å²) >= 11 is 11.4. The van der Waals surface area contributed by atoms with E-state index >= 15 is 0 Å². The van der Waals surface area contributed by atoms with E-state index in [2.05, 4.69) is 4.74 Å². The fourth-order valence-corrected chi connectivity index (χ4v) is 1.44. The van der Waals surface area contributed by atoms with Crippen molar-refractivity contribution in [1.29, 1.82) is 0 Å². The highest BCUT2D eigenvalue weighted by molar-refractivity contribution is 6.58. The van der Waals surface area contributed by atoms with Crippen LogP contribution in [-0.2, 0) is 9.53 Å². The summed E-state index contributed by atoms with van der Waals surface area (Å²) in [6.45, 7) is 0. The summed E-state index contributed by atoms with van der Waals surface area (Å²) in [5.74, 6) is -0.897. The summed E-state index contributed by atoms with van der Waals surface area (Å²) in [7, 11) is 1.15. The standard InChI is InChI=1S/C12H12Cl2O3/c1-17-11(16)12(13,14)10(15)8-7-9-5-3-2-4-6-9/h2-8,10,15H,1H3/b8-7+/t10-/m0/s1. The Kier molecular flexibility index (Phi) is 5.00. The van der Waals surface area contributed by atoms with Gasteiger partial charge in [-0.05, 0) is 5.56 Å². The number of methoxy groups -OCH3 is 1. The second kappa shape index (κ2) is 6.05. The molecule has 0 fully saturated rings. The number of alkyl halides is 2. The number of benzene rings is 1. The summed E-state index contributed by atoms with van der Waals surface area (Å²) in [4.78, 5) is 11.2. The van der Waals surface area contributed by atoms with E-state index in [0.717, 1.165) is 12.7 Å². The van der Waals surface area contributed by atoms with Gasteiger partial charge in [0.2, 0.25) is 4.33 Å². The smallest absolute Gasteiger partial charge is 0.345 e. The molecule has 0 heterocycles. The van der Waals surface area contributed by atoms with Crippen molar-refractivity contribution >= 4 is 35.2 Å². The maximum absolute atomic E-state index is 11.2. The van der Waals surface area contributed by atoms with E-state index in [1.807, 2.05) is 30.3 Å². The molecule has 0 aromatic heterocycles. The zero-order valence-corrected chi connectivity index (χ0v) is 10.7. The van der Waals surface area contributed by atoms with Gasteiger partial charge in [0, 0.05) is 0 Å². The summed E-state index contributed by atoms with van der Waals surface area (Å²) in [6, 6.07) is 9.24. The van der Waals surface area contributed by atoms with Crippen LogP contribution in [0.25, 0.3) is 6.08 Å². The fraction of sp³-hybridized carbons (Fsp3) is 0.250. The van der Waals surface area contributed by atoms with E-state index in [9.17, 15) is 9.90 Å². The van der Waals surface area contributed by atoms with Gasteiger partial charge >= 0.3 is 5.97 Å². The Morgan fingerprint density at radius 2 is 2.00 bits per heavy atom. The second-order valence-electron chi connectivity index (χ2n) is 3.33. The van der Waals surface area contributed by atoms with Crippen molar-refractivity contribution in [3.63, 3.8) is 0 Å². The number of hydrogen-bond acceptors (Lipinski definition) is 3. The Bertz CT molecular complexity index is 401. The van der Waals surface area contributed by atoms with Gasteiger partial charge in [0.25, 0.3) is 0 Å². The van der Waals surface area contributed by atoms with E-state index in [1.165, 1.54) is 6.08 Å². The molecule has 0 spiro atoms. The molecule has 1 N–H and O–H groups in total. The van der Waals surface area contributed by atoms with Crippen LogP contribution in [0.4, 0.5) is 0 Å². The Hall–Kier alpha value is -1.03. The van der Waals surface area contributed by atoms with Gasteiger partial charge in [-0.1, -0.05) is 65.7 Å². The van der Waals surface area contributed by atoms with Crippen molar-refractivity contribution in [3.05, 3.63) is 42.0 Å². The van der Waals surface area contributed by atoms with E-state index in [1.54, 1.807) is 6.08 Å². The molecule has 5 heteroatoms. The van der Waals surface area contributed by atoms with Gasteiger partial charge in [-0.3, -0.25) is 0 Å². The Balaban J connectivity index is 2.75. The molecule has 3 nitrogen and oxygen atoms in total. The lowest BCUT2D eigenvalue weighted by Gasteiger charge is -2.20. The average Bonchev–Trinajstić information content (AvgIpc) is 2.35. The Labute approximate surface area is 110 Å². The topological polar surface area (TPSA) is 46.5 Å². The molecule has 1 aromatic rings. The van der Waals surface area contributed by atoms with Crippen molar-refractivity contribution in [2.75, 3.05) is 7.11 Å². The van der Waals surface area contributed by atoms with Gasteiger partial charge in [0.15, 0.2) is 0 Å². The minimum absolute atomic E-state index is 0.862. The zero-order valence-electron chi connectivity index (χ0n) is 9.14. The van der Waals surface area contributed by atoms with Crippen LogP contribution in [0.15, 0.2) is 36.4 Å². The largest absolute Gasteiger partial charge is 0.467 e. The number of esters is 1. The van der Waals surface area contributed by atoms with Crippen LogP contribution >= 0.6 is 23.2 Å².